The number of benzene rings is 1. The highest BCUT2D eigenvalue weighted by Gasteiger charge is 2.49. The largest absolute Gasteiger partial charge is 0.497 e. The zero-order valence-electron chi connectivity index (χ0n) is 14.6. The molecule has 2 aliphatic heterocycles. The Balaban J connectivity index is 1.23. The first-order chi connectivity index (χ1) is 12.2. The summed E-state index contributed by atoms with van der Waals surface area (Å²) in [5.74, 6) is 2.03. The van der Waals surface area contributed by atoms with Crippen molar-refractivity contribution in [2.45, 2.75) is 30.4 Å². The Kier molecular flexibility index (Phi) is 4.97. The Morgan fingerprint density at radius 2 is 2.04 bits per heavy atom. The van der Waals surface area contributed by atoms with Crippen molar-refractivity contribution in [1.29, 1.82) is 0 Å². The van der Waals surface area contributed by atoms with E-state index in [1.807, 2.05) is 24.4 Å². The molecule has 2 fully saturated rings. The van der Waals surface area contributed by atoms with E-state index in [1.54, 1.807) is 13.3 Å². The molecule has 1 unspecified atom stereocenters. The van der Waals surface area contributed by atoms with E-state index in [-0.39, 0.29) is 0 Å². The molecule has 4 rings (SSSR count). The number of hydrogen-bond acceptors (Lipinski definition) is 5. The zero-order chi connectivity index (χ0) is 17.1. The Hall–Kier alpha value is -1.56. The number of pyridine rings is 1. The summed E-state index contributed by atoms with van der Waals surface area (Å²) >= 11 is 2.09. The van der Waals surface area contributed by atoms with E-state index in [9.17, 15) is 0 Å². The molecule has 0 radical (unpaired) electrons. The van der Waals surface area contributed by atoms with Crippen molar-refractivity contribution in [3.8, 4) is 5.75 Å². The van der Waals surface area contributed by atoms with Gasteiger partial charge in [0, 0.05) is 42.5 Å². The van der Waals surface area contributed by atoms with Gasteiger partial charge in [-0.2, -0.15) is 0 Å². The van der Waals surface area contributed by atoms with Gasteiger partial charge in [0.2, 0.25) is 0 Å². The molecule has 4 nitrogen and oxygen atoms in total. The predicted molar refractivity (Wildman–Crippen MR) is 101 cm³/mol. The quantitative estimate of drug-likeness (QED) is 0.793. The molecule has 0 bridgehead atoms. The van der Waals surface area contributed by atoms with Crippen molar-refractivity contribution in [2.24, 2.45) is 0 Å². The van der Waals surface area contributed by atoms with Crippen LogP contribution in [-0.2, 0) is 17.9 Å². The van der Waals surface area contributed by atoms with Crippen LogP contribution in [0.3, 0.4) is 0 Å². The third-order valence-electron chi connectivity index (χ3n) is 4.97. The molecule has 0 saturated carbocycles. The summed E-state index contributed by atoms with van der Waals surface area (Å²) in [6.07, 6.45) is 5.22. The minimum atomic E-state index is 0.369. The van der Waals surface area contributed by atoms with Crippen molar-refractivity contribution in [3.05, 3.63) is 59.9 Å². The van der Waals surface area contributed by atoms with Gasteiger partial charge in [-0.3, -0.25) is 9.88 Å². The Morgan fingerprint density at radius 3 is 2.76 bits per heavy atom. The van der Waals surface area contributed by atoms with Crippen molar-refractivity contribution in [2.75, 3.05) is 26.0 Å². The molecule has 0 N–H and O–H groups in total. The van der Waals surface area contributed by atoms with Crippen LogP contribution in [0.5, 0.6) is 5.75 Å². The van der Waals surface area contributed by atoms with Gasteiger partial charge in [0.25, 0.3) is 0 Å². The van der Waals surface area contributed by atoms with Crippen molar-refractivity contribution in [1.82, 2.24) is 9.88 Å². The Morgan fingerprint density at radius 1 is 1.20 bits per heavy atom. The maximum Gasteiger partial charge on any atom is 0.118 e. The molecule has 1 spiro atoms. The van der Waals surface area contributed by atoms with Crippen LogP contribution in [0.15, 0.2) is 48.8 Å². The third kappa shape index (κ3) is 4.00. The maximum absolute atomic E-state index is 6.11. The van der Waals surface area contributed by atoms with E-state index in [2.05, 4.69) is 39.8 Å². The van der Waals surface area contributed by atoms with E-state index >= 15 is 0 Å². The van der Waals surface area contributed by atoms with Crippen LogP contribution < -0.4 is 4.74 Å². The van der Waals surface area contributed by atoms with E-state index in [0.29, 0.717) is 17.5 Å². The molecule has 25 heavy (non-hydrogen) atoms. The first-order valence-electron chi connectivity index (χ1n) is 8.74. The molecule has 2 aromatic rings. The lowest BCUT2D eigenvalue weighted by atomic mass is 9.92. The van der Waals surface area contributed by atoms with Crippen LogP contribution in [0, 0.1) is 0 Å². The number of ether oxygens (including phenoxy) is 2. The average molecular weight is 356 g/mol. The van der Waals surface area contributed by atoms with Crippen LogP contribution in [-0.4, -0.2) is 46.7 Å². The summed E-state index contributed by atoms with van der Waals surface area (Å²) < 4.78 is 11.7. The molecule has 2 saturated heterocycles. The average Bonchev–Trinajstić information content (AvgIpc) is 3.06. The van der Waals surface area contributed by atoms with Crippen LogP contribution in [0.2, 0.25) is 0 Å². The van der Waals surface area contributed by atoms with E-state index < -0.39 is 0 Å². The molecule has 0 amide bonds. The van der Waals surface area contributed by atoms with Gasteiger partial charge in [-0.25, -0.2) is 0 Å². The van der Waals surface area contributed by atoms with Gasteiger partial charge in [-0.15, -0.1) is 11.8 Å². The summed E-state index contributed by atoms with van der Waals surface area (Å²) in [7, 11) is 1.71. The van der Waals surface area contributed by atoms with Crippen LogP contribution in [0.1, 0.15) is 17.5 Å². The highest BCUT2D eigenvalue weighted by Crippen LogP contribution is 2.46. The second-order valence-electron chi connectivity index (χ2n) is 6.99. The molecule has 5 heteroatoms. The first-order valence-corrected chi connectivity index (χ1v) is 9.73. The third-order valence-corrected chi connectivity index (χ3v) is 6.55. The van der Waals surface area contributed by atoms with E-state index in [0.717, 1.165) is 43.1 Å². The van der Waals surface area contributed by atoms with Crippen LogP contribution in [0.4, 0.5) is 0 Å². The number of rotatable bonds is 6. The predicted octanol–water partition coefficient (Wildman–Crippen LogP) is 3.37. The highest BCUT2D eigenvalue weighted by molar-refractivity contribution is 8.01. The van der Waals surface area contributed by atoms with Crippen LogP contribution in [0.25, 0.3) is 0 Å². The molecule has 132 valence electrons. The first kappa shape index (κ1) is 16.9. The van der Waals surface area contributed by atoms with E-state index in [4.69, 9.17) is 9.47 Å². The number of likely N-dealkylation sites (tertiary alicyclic amines) is 1. The SMILES string of the molecule is COc1ccc(CN2CC3(CC(OCc4cccnc4)CS3)C2)cc1. The smallest absolute Gasteiger partial charge is 0.118 e. The van der Waals surface area contributed by atoms with Crippen molar-refractivity contribution >= 4 is 11.8 Å². The summed E-state index contributed by atoms with van der Waals surface area (Å²) in [6, 6.07) is 12.4. The minimum Gasteiger partial charge on any atom is -0.497 e. The van der Waals surface area contributed by atoms with Gasteiger partial charge in [0.1, 0.15) is 5.75 Å². The second-order valence-corrected chi connectivity index (χ2v) is 8.47. The monoisotopic (exact) mass is 356 g/mol. The number of aromatic nitrogens is 1. The lowest BCUT2D eigenvalue weighted by molar-refractivity contribution is 0.0263. The Labute approximate surface area is 153 Å². The molecule has 2 aliphatic rings. The van der Waals surface area contributed by atoms with Gasteiger partial charge < -0.3 is 9.47 Å². The molecule has 1 aromatic carbocycles. The normalized spacial score (nSPS) is 22.0. The van der Waals surface area contributed by atoms with Crippen LogP contribution >= 0.6 is 11.8 Å². The summed E-state index contributed by atoms with van der Waals surface area (Å²) in [4.78, 5) is 6.67. The molecular formula is C20H24N2O2S. The maximum atomic E-state index is 6.11. The van der Waals surface area contributed by atoms with Gasteiger partial charge in [-0.1, -0.05) is 18.2 Å². The summed E-state index contributed by atoms with van der Waals surface area (Å²) in [5.41, 5.74) is 2.51. The molecule has 3 heterocycles. The summed E-state index contributed by atoms with van der Waals surface area (Å²) in [5, 5.41) is 0. The Bertz CT molecular complexity index is 687. The fourth-order valence-electron chi connectivity index (χ4n) is 3.70. The van der Waals surface area contributed by atoms with Gasteiger partial charge in [0.05, 0.1) is 19.8 Å². The fourth-order valence-corrected chi connectivity index (χ4v) is 5.30. The number of hydrogen-bond donors (Lipinski definition) is 0. The molecule has 1 atom stereocenters. The molecule has 0 aliphatic carbocycles. The van der Waals surface area contributed by atoms with E-state index in [1.165, 1.54) is 5.56 Å². The van der Waals surface area contributed by atoms with Gasteiger partial charge in [-0.05, 0) is 35.7 Å². The fraction of sp³-hybridized carbons (Fsp3) is 0.450. The zero-order valence-corrected chi connectivity index (χ0v) is 15.4. The standard InChI is InChI=1S/C20H24N2O2S/c1-23-18-6-4-16(5-7-18)11-22-14-20(15-22)9-19(13-25-20)24-12-17-3-2-8-21-10-17/h2-8,10,19H,9,11-15H2,1H3. The lowest BCUT2D eigenvalue weighted by Gasteiger charge is -2.47. The lowest BCUT2D eigenvalue weighted by Crippen LogP contribution is -2.58. The number of nitrogens with zero attached hydrogens (tertiary/aromatic N) is 2. The summed E-state index contributed by atoms with van der Waals surface area (Å²) in [6.45, 7) is 4.02. The van der Waals surface area contributed by atoms with Gasteiger partial charge >= 0.3 is 0 Å². The minimum absolute atomic E-state index is 0.369. The highest BCUT2D eigenvalue weighted by atomic mass is 32.2. The van der Waals surface area contributed by atoms with Crippen molar-refractivity contribution in [3.63, 3.8) is 0 Å². The molecular weight excluding hydrogens is 332 g/mol. The topological polar surface area (TPSA) is 34.6 Å². The molecule has 1 aromatic heterocycles. The van der Waals surface area contributed by atoms with Gasteiger partial charge in [0.15, 0.2) is 0 Å². The second kappa shape index (κ2) is 7.36. The number of thioether (sulfide) groups is 1. The van der Waals surface area contributed by atoms with Crippen molar-refractivity contribution < 1.29 is 9.47 Å². The number of methoxy groups -OCH3 is 1.